The molecule has 0 saturated carbocycles. The van der Waals surface area contributed by atoms with Gasteiger partial charge < -0.3 is 19.7 Å². The molecule has 2 heterocycles. The Morgan fingerprint density at radius 2 is 1.73 bits per heavy atom. The molecule has 0 aromatic heterocycles. The minimum absolute atomic E-state index is 0.0719. The van der Waals surface area contributed by atoms with Gasteiger partial charge in [0.1, 0.15) is 6.10 Å². The fraction of sp³-hybridized carbons (Fsp3) is 0.552. The molecule has 0 radical (unpaired) electrons. The first-order chi connectivity index (χ1) is 18.7. The molecular weight excluding hydrogens is 538 g/mol. The fourth-order valence-corrected chi connectivity index (χ4v) is 4.81. The van der Waals surface area contributed by atoms with E-state index >= 15 is 0 Å². The number of hydrogen-bond acceptors (Lipinski definition) is 4. The number of carbonyl (C=O) groups excluding carboxylic acids is 1. The van der Waals surface area contributed by atoms with E-state index in [1.807, 2.05) is 13.0 Å². The van der Waals surface area contributed by atoms with Gasteiger partial charge in [-0.2, -0.15) is 26.3 Å². The second-order valence-corrected chi connectivity index (χ2v) is 10.3. The van der Waals surface area contributed by atoms with Crippen molar-refractivity contribution in [2.24, 2.45) is 0 Å². The molecule has 0 spiro atoms. The molecule has 0 bridgehead atoms. The van der Waals surface area contributed by atoms with Gasteiger partial charge in [-0.15, -0.1) is 0 Å². The van der Waals surface area contributed by atoms with E-state index in [0.717, 1.165) is 19.3 Å². The monoisotopic (exact) mass is 574 g/mol. The number of halogens is 6. The quantitative estimate of drug-likeness (QED) is 0.257. The van der Waals surface area contributed by atoms with E-state index < -0.39 is 41.2 Å². The number of benzene rings is 1. The van der Waals surface area contributed by atoms with Crippen molar-refractivity contribution in [1.29, 1.82) is 0 Å². The van der Waals surface area contributed by atoms with Gasteiger partial charge in [-0.25, -0.2) is 4.79 Å². The standard InChI is InChI=1S/C29H36F6N2O3/c1-4-5-7-10-20(2)27(12-11-25(18-36-27)40-26(38)37-13-8-6-9-14-37)19-39-21(3)22-15-23(28(30,31)32)17-24(16-22)29(33,34)35/h4-5,7,10,15-17,21,25,36H,2,6,8-9,11-14,18-19H2,1,3H3/b5-4-,10-7-/t21-,25?,27-/m1/s1. The van der Waals surface area contributed by atoms with Crippen molar-refractivity contribution < 1.29 is 40.6 Å². The number of nitrogens with zero attached hydrogens (tertiary/aromatic N) is 1. The molecule has 1 aromatic carbocycles. The Balaban J connectivity index is 1.75. The molecule has 1 N–H and O–H groups in total. The van der Waals surface area contributed by atoms with Crippen LogP contribution in [0.1, 0.15) is 68.7 Å². The summed E-state index contributed by atoms with van der Waals surface area (Å²) in [5, 5.41) is 3.34. The molecule has 2 saturated heterocycles. The Morgan fingerprint density at radius 1 is 1.10 bits per heavy atom. The molecule has 5 nitrogen and oxygen atoms in total. The minimum Gasteiger partial charge on any atom is -0.445 e. The van der Waals surface area contributed by atoms with Gasteiger partial charge in [0.15, 0.2) is 0 Å². The highest BCUT2D eigenvalue weighted by molar-refractivity contribution is 5.68. The van der Waals surface area contributed by atoms with E-state index in [0.29, 0.717) is 43.6 Å². The maximum atomic E-state index is 13.4. The van der Waals surface area contributed by atoms with Crippen molar-refractivity contribution in [1.82, 2.24) is 10.2 Å². The number of rotatable bonds is 8. The van der Waals surface area contributed by atoms with Crippen LogP contribution in [0.5, 0.6) is 0 Å². The molecule has 0 aliphatic carbocycles. The smallest absolute Gasteiger partial charge is 0.416 e. The number of carbonyl (C=O) groups is 1. The second kappa shape index (κ2) is 13.2. The van der Waals surface area contributed by atoms with E-state index in [4.69, 9.17) is 9.47 Å². The van der Waals surface area contributed by atoms with Crippen LogP contribution in [0, 0.1) is 0 Å². The maximum Gasteiger partial charge on any atom is 0.416 e. The van der Waals surface area contributed by atoms with Crippen LogP contribution < -0.4 is 5.32 Å². The Hall–Kier alpha value is -2.79. The Labute approximate surface area is 230 Å². The van der Waals surface area contributed by atoms with Gasteiger partial charge >= 0.3 is 18.4 Å². The zero-order chi connectivity index (χ0) is 29.6. The molecule has 2 fully saturated rings. The van der Waals surface area contributed by atoms with Crippen molar-refractivity contribution in [3.8, 4) is 0 Å². The topological polar surface area (TPSA) is 50.8 Å². The summed E-state index contributed by atoms with van der Waals surface area (Å²) < 4.78 is 91.7. The summed E-state index contributed by atoms with van der Waals surface area (Å²) in [6.45, 7) is 8.94. The number of likely N-dealkylation sites (tertiary alicyclic amines) is 1. The van der Waals surface area contributed by atoms with E-state index in [1.54, 1.807) is 23.1 Å². The van der Waals surface area contributed by atoms with E-state index in [9.17, 15) is 31.1 Å². The third-order valence-corrected chi connectivity index (χ3v) is 7.32. The van der Waals surface area contributed by atoms with Crippen LogP contribution in [0.3, 0.4) is 0 Å². The van der Waals surface area contributed by atoms with Crippen LogP contribution >= 0.6 is 0 Å². The molecule has 1 amide bonds. The SMILES string of the molecule is C=C(/C=C\C=C/C)[C@]1(CO[C@H](C)c2cc(C(F)(F)F)cc(C(F)(F)F)c2)CCC(OC(=O)N2CCCCC2)CN1. The predicted octanol–water partition coefficient (Wildman–Crippen LogP) is 7.60. The maximum absolute atomic E-state index is 13.4. The third-order valence-electron chi connectivity index (χ3n) is 7.32. The summed E-state index contributed by atoms with van der Waals surface area (Å²) in [6.07, 6.45) is -0.713. The van der Waals surface area contributed by atoms with Gasteiger partial charge in [-0.3, -0.25) is 0 Å². The Morgan fingerprint density at radius 3 is 2.25 bits per heavy atom. The number of allylic oxidation sites excluding steroid dienone is 3. The number of ether oxygens (including phenoxy) is 2. The number of nitrogens with one attached hydrogen (secondary N) is 1. The molecule has 2 aliphatic heterocycles. The Bertz CT molecular complexity index is 1050. The average molecular weight is 575 g/mol. The Kier molecular flexibility index (Phi) is 10.5. The summed E-state index contributed by atoms with van der Waals surface area (Å²) in [5.74, 6) is 0. The van der Waals surface area contributed by atoms with Gasteiger partial charge in [0, 0.05) is 19.6 Å². The van der Waals surface area contributed by atoms with Crippen LogP contribution in [0.2, 0.25) is 0 Å². The first-order valence-electron chi connectivity index (χ1n) is 13.4. The first kappa shape index (κ1) is 31.7. The summed E-state index contributed by atoms with van der Waals surface area (Å²) in [6, 6.07) is 1.45. The molecule has 11 heteroatoms. The van der Waals surface area contributed by atoms with Crippen LogP contribution in [0.4, 0.5) is 31.1 Å². The molecule has 1 aromatic rings. The van der Waals surface area contributed by atoms with Crippen LogP contribution in [0.15, 0.2) is 54.7 Å². The molecule has 3 rings (SSSR count). The number of amides is 1. The second-order valence-electron chi connectivity index (χ2n) is 10.3. The van der Waals surface area contributed by atoms with Crippen LogP contribution in [-0.2, 0) is 21.8 Å². The van der Waals surface area contributed by atoms with E-state index in [1.165, 1.54) is 6.92 Å². The van der Waals surface area contributed by atoms with Crippen LogP contribution in [0.25, 0.3) is 0 Å². The van der Waals surface area contributed by atoms with Crippen molar-refractivity contribution in [3.05, 3.63) is 71.3 Å². The van der Waals surface area contributed by atoms with Gasteiger partial charge in [-0.1, -0.05) is 30.9 Å². The first-order valence-corrected chi connectivity index (χ1v) is 13.4. The van der Waals surface area contributed by atoms with Gasteiger partial charge in [0.2, 0.25) is 0 Å². The van der Waals surface area contributed by atoms with Gasteiger partial charge in [-0.05, 0) is 75.3 Å². The lowest BCUT2D eigenvalue weighted by Gasteiger charge is -2.42. The van der Waals surface area contributed by atoms with E-state index in [-0.39, 0.29) is 30.9 Å². The van der Waals surface area contributed by atoms with Gasteiger partial charge in [0.25, 0.3) is 0 Å². The average Bonchev–Trinajstić information content (AvgIpc) is 2.92. The van der Waals surface area contributed by atoms with E-state index in [2.05, 4.69) is 11.9 Å². The molecule has 222 valence electrons. The number of alkyl halides is 6. The lowest BCUT2D eigenvalue weighted by molar-refractivity contribution is -0.143. The molecule has 3 atom stereocenters. The highest BCUT2D eigenvalue weighted by Crippen LogP contribution is 2.38. The highest BCUT2D eigenvalue weighted by atomic mass is 19.4. The summed E-state index contributed by atoms with van der Waals surface area (Å²) in [5.41, 5.74) is -3.27. The normalized spacial score (nSPS) is 23.5. The molecular formula is C29H36F6N2O3. The third kappa shape index (κ3) is 8.36. The van der Waals surface area contributed by atoms with Crippen molar-refractivity contribution in [3.63, 3.8) is 0 Å². The van der Waals surface area contributed by atoms with Gasteiger partial charge in [0.05, 0.1) is 29.4 Å². The fourth-order valence-electron chi connectivity index (χ4n) is 4.81. The lowest BCUT2D eigenvalue weighted by Crippen LogP contribution is -2.57. The molecule has 40 heavy (non-hydrogen) atoms. The lowest BCUT2D eigenvalue weighted by atomic mass is 9.82. The summed E-state index contributed by atoms with van der Waals surface area (Å²) >= 11 is 0. The number of hydrogen-bond donors (Lipinski definition) is 1. The summed E-state index contributed by atoms with van der Waals surface area (Å²) in [7, 11) is 0. The number of piperidine rings is 2. The zero-order valence-electron chi connectivity index (χ0n) is 22.7. The predicted molar refractivity (Wildman–Crippen MR) is 140 cm³/mol. The van der Waals surface area contributed by atoms with Crippen molar-refractivity contribution in [2.45, 2.75) is 76.1 Å². The van der Waals surface area contributed by atoms with Crippen molar-refractivity contribution in [2.75, 3.05) is 26.2 Å². The largest absolute Gasteiger partial charge is 0.445 e. The highest BCUT2D eigenvalue weighted by Gasteiger charge is 2.40. The summed E-state index contributed by atoms with van der Waals surface area (Å²) in [4.78, 5) is 14.3. The van der Waals surface area contributed by atoms with Crippen LogP contribution in [-0.4, -0.2) is 48.9 Å². The molecule has 2 aliphatic rings. The zero-order valence-corrected chi connectivity index (χ0v) is 22.7. The molecule has 1 unspecified atom stereocenters. The minimum atomic E-state index is -4.95. The van der Waals surface area contributed by atoms with Crippen molar-refractivity contribution >= 4 is 6.09 Å².